The fraction of sp³-hybridized carbons (Fsp3) is 1.00. The highest BCUT2D eigenvalue weighted by Crippen LogP contribution is 2.25. The molecule has 0 aliphatic carbocycles. The van der Waals surface area contributed by atoms with Crippen molar-refractivity contribution < 1.29 is 0 Å². The Morgan fingerprint density at radius 2 is 1.50 bits per heavy atom. The van der Waals surface area contributed by atoms with Crippen LogP contribution in [0.2, 0.25) is 24.2 Å². The Hall–Kier alpha value is 0.467. The molecule has 14 heavy (non-hydrogen) atoms. The fourth-order valence-corrected chi connectivity index (χ4v) is 5.63. The smallest absolute Gasteiger partial charge is 0.0540 e. The van der Waals surface area contributed by atoms with E-state index in [2.05, 4.69) is 25.7 Å². The van der Waals surface area contributed by atoms with Gasteiger partial charge in [-0.15, -0.1) is 12.4 Å². The van der Waals surface area contributed by atoms with Gasteiger partial charge in [-0.05, 0) is 32.1 Å². The molecule has 3 heteroatoms. The van der Waals surface area contributed by atoms with Gasteiger partial charge in [-0.25, -0.2) is 0 Å². The van der Waals surface area contributed by atoms with E-state index in [0.717, 1.165) is 0 Å². The van der Waals surface area contributed by atoms with E-state index in [1.54, 1.807) is 6.04 Å². The van der Waals surface area contributed by atoms with Crippen molar-refractivity contribution in [1.29, 1.82) is 0 Å². The minimum Gasteiger partial charge on any atom is -0.304 e. The maximum absolute atomic E-state index is 2.63. The molecule has 1 nitrogen and oxygen atoms in total. The first-order valence-electron chi connectivity index (χ1n) is 5.98. The normalized spacial score (nSPS) is 17.4. The second-order valence-electron chi connectivity index (χ2n) is 4.51. The van der Waals surface area contributed by atoms with Crippen LogP contribution in [0.25, 0.3) is 0 Å². The van der Waals surface area contributed by atoms with Crippen molar-refractivity contribution >= 4 is 20.5 Å². The van der Waals surface area contributed by atoms with Crippen molar-refractivity contribution in [2.45, 2.75) is 51.4 Å². The number of likely N-dealkylation sites (tertiary alicyclic amines) is 1. The third-order valence-corrected chi connectivity index (χ3v) is 9.94. The van der Waals surface area contributed by atoms with Crippen molar-refractivity contribution in [3.8, 4) is 0 Å². The standard InChI is InChI=1S/C11H25NSi.ClH/c1-4-13(5-2,6-3)11-10-12-8-7-9-12;/h4-11H2,1-3H3;1H. The van der Waals surface area contributed by atoms with Gasteiger partial charge >= 0.3 is 0 Å². The van der Waals surface area contributed by atoms with Crippen LogP contribution >= 0.6 is 12.4 Å². The molecule has 0 N–H and O–H groups in total. The summed E-state index contributed by atoms with van der Waals surface area (Å²) in [5.41, 5.74) is 0. The molecule has 0 bridgehead atoms. The van der Waals surface area contributed by atoms with Gasteiger partial charge in [-0.1, -0.05) is 38.9 Å². The molecule has 0 aromatic rings. The Balaban J connectivity index is 0.00000169. The van der Waals surface area contributed by atoms with E-state index in [-0.39, 0.29) is 12.4 Å². The summed E-state index contributed by atoms with van der Waals surface area (Å²) in [6, 6.07) is 6.03. The topological polar surface area (TPSA) is 3.24 Å². The van der Waals surface area contributed by atoms with Gasteiger partial charge in [-0.2, -0.15) is 0 Å². The van der Waals surface area contributed by atoms with Gasteiger partial charge in [0.05, 0.1) is 8.07 Å². The minimum absolute atomic E-state index is 0. The van der Waals surface area contributed by atoms with Gasteiger partial charge in [0.2, 0.25) is 0 Å². The van der Waals surface area contributed by atoms with Crippen molar-refractivity contribution in [2.24, 2.45) is 0 Å². The molecule has 1 rings (SSSR count). The van der Waals surface area contributed by atoms with Gasteiger partial charge in [0.25, 0.3) is 0 Å². The van der Waals surface area contributed by atoms with Gasteiger partial charge in [0.15, 0.2) is 0 Å². The van der Waals surface area contributed by atoms with Crippen LogP contribution in [0, 0.1) is 0 Å². The van der Waals surface area contributed by atoms with E-state index < -0.39 is 8.07 Å². The minimum atomic E-state index is -0.804. The molecule has 0 radical (unpaired) electrons. The van der Waals surface area contributed by atoms with Crippen LogP contribution in [0.1, 0.15) is 27.2 Å². The summed E-state index contributed by atoms with van der Waals surface area (Å²) in [7, 11) is -0.804. The Morgan fingerprint density at radius 1 is 1.00 bits per heavy atom. The van der Waals surface area contributed by atoms with Crippen LogP contribution in [0.15, 0.2) is 0 Å². The summed E-state index contributed by atoms with van der Waals surface area (Å²) < 4.78 is 0. The van der Waals surface area contributed by atoms with Gasteiger partial charge in [0.1, 0.15) is 0 Å². The molecule has 1 saturated heterocycles. The Bertz CT molecular complexity index is 136. The predicted octanol–water partition coefficient (Wildman–Crippen LogP) is 3.62. The molecule has 0 spiro atoms. The quantitative estimate of drug-likeness (QED) is 0.636. The SMILES string of the molecule is CC[Si](CC)(CC)CCN1CCC1.Cl. The Labute approximate surface area is 96.7 Å². The molecular formula is C11H26ClNSi. The summed E-state index contributed by atoms with van der Waals surface area (Å²) in [6.45, 7) is 11.4. The van der Waals surface area contributed by atoms with Crippen LogP contribution in [0.3, 0.4) is 0 Å². The maximum atomic E-state index is 2.63. The summed E-state index contributed by atoms with van der Waals surface area (Å²) in [4.78, 5) is 2.63. The van der Waals surface area contributed by atoms with Gasteiger partial charge < -0.3 is 4.90 Å². The van der Waals surface area contributed by atoms with E-state index in [0.29, 0.717) is 0 Å². The third kappa shape index (κ3) is 3.56. The highest BCUT2D eigenvalue weighted by Gasteiger charge is 2.27. The van der Waals surface area contributed by atoms with Crippen molar-refractivity contribution in [1.82, 2.24) is 4.90 Å². The van der Waals surface area contributed by atoms with Crippen molar-refractivity contribution in [2.75, 3.05) is 19.6 Å². The fourth-order valence-electron chi connectivity index (χ4n) is 2.28. The lowest BCUT2D eigenvalue weighted by atomic mass is 10.2. The largest absolute Gasteiger partial charge is 0.304 e. The van der Waals surface area contributed by atoms with E-state index in [1.165, 1.54) is 44.2 Å². The summed E-state index contributed by atoms with van der Waals surface area (Å²) >= 11 is 0. The summed E-state index contributed by atoms with van der Waals surface area (Å²) in [6.07, 6.45) is 1.44. The molecule has 0 amide bonds. The lowest BCUT2D eigenvalue weighted by Crippen LogP contribution is -2.42. The lowest BCUT2D eigenvalue weighted by molar-refractivity contribution is 0.191. The first-order chi connectivity index (χ1) is 6.26. The third-order valence-electron chi connectivity index (χ3n) is 4.16. The average molecular weight is 236 g/mol. The molecular weight excluding hydrogens is 210 g/mol. The molecule has 1 heterocycles. The Morgan fingerprint density at radius 3 is 1.79 bits per heavy atom. The first kappa shape index (κ1) is 14.5. The number of hydrogen-bond acceptors (Lipinski definition) is 1. The number of halogens is 1. The van der Waals surface area contributed by atoms with Crippen molar-refractivity contribution in [3.05, 3.63) is 0 Å². The summed E-state index contributed by atoms with van der Waals surface area (Å²) in [5, 5.41) is 0. The molecule has 1 aliphatic rings. The van der Waals surface area contributed by atoms with E-state index in [9.17, 15) is 0 Å². The maximum Gasteiger partial charge on any atom is 0.0540 e. The van der Waals surface area contributed by atoms with E-state index in [1.807, 2.05) is 0 Å². The second-order valence-corrected chi connectivity index (χ2v) is 10.1. The zero-order valence-electron chi connectivity index (χ0n) is 10.0. The van der Waals surface area contributed by atoms with Crippen LogP contribution in [0.4, 0.5) is 0 Å². The predicted molar refractivity (Wildman–Crippen MR) is 70.3 cm³/mol. The monoisotopic (exact) mass is 235 g/mol. The molecule has 0 aromatic carbocycles. The van der Waals surface area contributed by atoms with Crippen LogP contribution in [0.5, 0.6) is 0 Å². The van der Waals surface area contributed by atoms with E-state index >= 15 is 0 Å². The number of rotatable bonds is 6. The van der Waals surface area contributed by atoms with E-state index in [4.69, 9.17) is 0 Å². The van der Waals surface area contributed by atoms with Crippen LogP contribution in [-0.4, -0.2) is 32.6 Å². The average Bonchev–Trinajstić information content (AvgIpc) is 2.11. The molecule has 1 fully saturated rings. The van der Waals surface area contributed by atoms with Gasteiger partial charge in [0, 0.05) is 0 Å². The molecule has 0 atom stereocenters. The van der Waals surface area contributed by atoms with Gasteiger partial charge in [-0.3, -0.25) is 0 Å². The molecule has 0 saturated carbocycles. The zero-order chi connectivity index (χ0) is 9.73. The molecule has 0 unspecified atom stereocenters. The highest BCUT2D eigenvalue weighted by atomic mass is 35.5. The van der Waals surface area contributed by atoms with Crippen LogP contribution in [-0.2, 0) is 0 Å². The highest BCUT2D eigenvalue weighted by molar-refractivity contribution is 6.79. The first-order valence-corrected chi connectivity index (χ1v) is 8.81. The lowest BCUT2D eigenvalue weighted by Gasteiger charge is -2.35. The zero-order valence-corrected chi connectivity index (χ0v) is 11.8. The molecule has 1 aliphatic heterocycles. The number of nitrogens with zero attached hydrogens (tertiary/aromatic N) is 1. The second kappa shape index (κ2) is 6.86. The summed E-state index contributed by atoms with van der Waals surface area (Å²) in [5.74, 6) is 0. The number of hydrogen-bond donors (Lipinski definition) is 0. The molecule has 0 aromatic heterocycles. The van der Waals surface area contributed by atoms with Crippen LogP contribution < -0.4 is 0 Å². The Kier molecular flexibility index (Phi) is 7.09. The van der Waals surface area contributed by atoms with Crippen molar-refractivity contribution in [3.63, 3.8) is 0 Å². The molecule has 86 valence electrons.